The van der Waals surface area contributed by atoms with Crippen molar-refractivity contribution in [1.29, 1.82) is 0 Å². The van der Waals surface area contributed by atoms with Gasteiger partial charge in [-0.25, -0.2) is 4.79 Å². The van der Waals surface area contributed by atoms with E-state index in [2.05, 4.69) is 10.2 Å². The highest BCUT2D eigenvalue weighted by molar-refractivity contribution is 6.00. The SMILES string of the molecule is CC(C)CC(NC(=O)c1ccc(N2CCCC2)cc1)C(=O)N1CCC2C1C(=O)CN2C(=O)N1CCCCC1. The van der Waals surface area contributed by atoms with Gasteiger partial charge in [0.1, 0.15) is 12.1 Å². The van der Waals surface area contributed by atoms with Gasteiger partial charge < -0.3 is 24.9 Å². The summed E-state index contributed by atoms with van der Waals surface area (Å²) in [4.78, 5) is 60.7. The summed E-state index contributed by atoms with van der Waals surface area (Å²) < 4.78 is 0. The van der Waals surface area contributed by atoms with Crippen LogP contribution < -0.4 is 10.2 Å². The average Bonchev–Trinajstić information content (AvgIpc) is 3.67. The van der Waals surface area contributed by atoms with E-state index in [1.807, 2.05) is 43.0 Å². The molecule has 4 aliphatic heterocycles. The van der Waals surface area contributed by atoms with Crippen LogP contribution in [0, 0.1) is 5.92 Å². The fourth-order valence-electron chi connectivity index (χ4n) is 6.53. The number of benzene rings is 1. The van der Waals surface area contributed by atoms with E-state index in [0.29, 0.717) is 24.9 Å². The maximum absolute atomic E-state index is 13.8. The predicted octanol–water partition coefficient (Wildman–Crippen LogP) is 2.89. The number of rotatable bonds is 6. The number of carbonyl (C=O) groups excluding carboxylic acids is 4. The molecule has 206 valence electrons. The monoisotopic (exact) mass is 523 g/mol. The smallest absolute Gasteiger partial charge is 0.320 e. The van der Waals surface area contributed by atoms with Gasteiger partial charge in [0.25, 0.3) is 5.91 Å². The van der Waals surface area contributed by atoms with Crippen LogP contribution in [-0.4, -0.2) is 95.7 Å². The number of hydrogen-bond donors (Lipinski definition) is 1. The second-order valence-electron chi connectivity index (χ2n) is 11.7. The molecule has 9 nitrogen and oxygen atoms in total. The number of ketones is 1. The number of Topliss-reactive ketones (excluding diaryl/α,β-unsaturated/α-hetero) is 1. The number of anilines is 1. The van der Waals surface area contributed by atoms with E-state index in [1.165, 1.54) is 12.8 Å². The lowest BCUT2D eigenvalue weighted by Gasteiger charge is -2.33. The Labute approximate surface area is 225 Å². The molecule has 3 unspecified atom stereocenters. The van der Waals surface area contributed by atoms with Gasteiger partial charge in [0.05, 0.1) is 12.6 Å². The van der Waals surface area contributed by atoms with Gasteiger partial charge in [0, 0.05) is 44.0 Å². The van der Waals surface area contributed by atoms with E-state index < -0.39 is 12.1 Å². The van der Waals surface area contributed by atoms with Crippen molar-refractivity contribution in [1.82, 2.24) is 20.0 Å². The molecule has 4 heterocycles. The largest absolute Gasteiger partial charge is 0.372 e. The van der Waals surface area contributed by atoms with Crippen molar-refractivity contribution in [2.75, 3.05) is 44.2 Å². The van der Waals surface area contributed by atoms with Crippen molar-refractivity contribution < 1.29 is 19.2 Å². The second kappa shape index (κ2) is 11.3. The molecule has 4 saturated heterocycles. The highest BCUT2D eigenvalue weighted by Crippen LogP contribution is 2.32. The Morgan fingerprint density at radius 3 is 2.21 bits per heavy atom. The first kappa shape index (κ1) is 26.5. The van der Waals surface area contributed by atoms with Crippen LogP contribution in [-0.2, 0) is 9.59 Å². The van der Waals surface area contributed by atoms with Crippen LogP contribution in [0.25, 0.3) is 0 Å². The van der Waals surface area contributed by atoms with E-state index in [9.17, 15) is 19.2 Å². The number of urea groups is 1. The van der Waals surface area contributed by atoms with E-state index >= 15 is 0 Å². The normalized spacial score (nSPS) is 24.2. The van der Waals surface area contributed by atoms with Crippen molar-refractivity contribution in [3.63, 3.8) is 0 Å². The summed E-state index contributed by atoms with van der Waals surface area (Å²) in [5.41, 5.74) is 1.63. The molecule has 1 N–H and O–H groups in total. The van der Waals surface area contributed by atoms with Gasteiger partial charge in [-0.1, -0.05) is 13.8 Å². The van der Waals surface area contributed by atoms with Gasteiger partial charge in [0.15, 0.2) is 5.78 Å². The molecule has 1 aromatic carbocycles. The van der Waals surface area contributed by atoms with Crippen LogP contribution >= 0.6 is 0 Å². The summed E-state index contributed by atoms with van der Waals surface area (Å²) >= 11 is 0. The second-order valence-corrected chi connectivity index (χ2v) is 11.7. The molecular weight excluding hydrogens is 482 g/mol. The van der Waals surface area contributed by atoms with Gasteiger partial charge in [-0.15, -0.1) is 0 Å². The minimum atomic E-state index is -0.723. The first-order valence-electron chi connectivity index (χ1n) is 14.4. The van der Waals surface area contributed by atoms with E-state index in [1.54, 1.807) is 9.80 Å². The van der Waals surface area contributed by atoms with Crippen molar-refractivity contribution in [2.45, 2.75) is 76.9 Å². The van der Waals surface area contributed by atoms with Crippen LogP contribution in [0.3, 0.4) is 0 Å². The lowest BCUT2D eigenvalue weighted by Crippen LogP contribution is -2.53. The van der Waals surface area contributed by atoms with Crippen LogP contribution in [0.5, 0.6) is 0 Å². The number of piperidine rings is 1. The molecule has 5 rings (SSSR count). The zero-order valence-electron chi connectivity index (χ0n) is 22.7. The molecule has 4 amide bonds. The molecule has 1 aromatic rings. The average molecular weight is 524 g/mol. The van der Waals surface area contributed by atoms with Gasteiger partial charge in [-0.05, 0) is 75.1 Å². The molecule has 0 saturated carbocycles. The summed E-state index contributed by atoms with van der Waals surface area (Å²) in [6, 6.07) is 5.86. The minimum absolute atomic E-state index is 0.0546. The van der Waals surface area contributed by atoms with E-state index in [0.717, 1.165) is 51.1 Å². The zero-order chi connectivity index (χ0) is 26.8. The fourth-order valence-corrected chi connectivity index (χ4v) is 6.53. The number of fused-ring (bicyclic) bond motifs is 1. The summed E-state index contributed by atoms with van der Waals surface area (Å²) in [5.74, 6) is -0.420. The zero-order valence-corrected chi connectivity index (χ0v) is 22.7. The Morgan fingerprint density at radius 2 is 1.55 bits per heavy atom. The summed E-state index contributed by atoms with van der Waals surface area (Å²) in [5, 5.41) is 2.97. The number of hydrogen-bond acceptors (Lipinski definition) is 5. The number of amides is 4. The number of likely N-dealkylation sites (tertiary alicyclic amines) is 3. The molecule has 0 aromatic heterocycles. The Balaban J connectivity index is 1.26. The molecule has 9 heteroatoms. The summed E-state index contributed by atoms with van der Waals surface area (Å²) in [7, 11) is 0. The number of carbonyl (C=O) groups is 4. The first-order valence-corrected chi connectivity index (χ1v) is 14.4. The quantitative estimate of drug-likeness (QED) is 0.619. The minimum Gasteiger partial charge on any atom is -0.372 e. The van der Waals surface area contributed by atoms with Gasteiger partial charge in [-0.2, -0.15) is 0 Å². The Kier molecular flexibility index (Phi) is 7.91. The van der Waals surface area contributed by atoms with Crippen LogP contribution in [0.2, 0.25) is 0 Å². The van der Waals surface area contributed by atoms with Crippen molar-refractivity contribution >= 4 is 29.3 Å². The first-order chi connectivity index (χ1) is 18.3. The van der Waals surface area contributed by atoms with E-state index in [4.69, 9.17) is 0 Å². The summed E-state index contributed by atoms with van der Waals surface area (Å²) in [6.07, 6.45) is 6.55. The standard InChI is InChI=1S/C29H41N5O4/c1-20(2)18-23(30-27(36)21-8-10-22(11-9-21)31-13-6-7-14-31)28(37)33-17-12-24-26(33)25(35)19-34(24)29(38)32-15-4-3-5-16-32/h8-11,20,23-24,26H,3-7,12-19H2,1-2H3,(H,30,36). The fraction of sp³-hybridized carbons (Fsp3) is 0.655. The molecular formula is C29H41N5O4. The molecule has 4 fully saturated rings. The molecule has 0 aliphatic carbocycles. The van der Waals surface area contributed by atoms with Gasteiger partial charge in [-0.3, -0.25) is 14.4 Å². The topological polar surface area (TPSA) is 93.3 Å². The Hall–Kier alpha value is -3.10. The van der Waals surface area contributed by atoms with Crippen molar-refractivity contribution in [2.24, 2.45) is 5.92 Å². The third-order valence-corrected chi connectivity index (χ3v) is 8.49. The Morgan fingerprint density at radius 1 is 0.895 bits per heavy atom. The third kappa shape index (κ3) is 5.38. The van der Waals surface area contributed by atoms with Crippen molar-refractivity contribution in [3.05, 3.63) is 29.8 Å². The van der Waals surface area contributed by atoms with Crippen LogP contribution in [0.15, 0.2) is 24.3 Å². The summed E-state index contributed by atoms with van der Waals surface area (Å²) in [6.45, 7) is 8.03. The molecule has 3 atom stereocenters. The molecule has 38 heavy (non-hydrogen) atoms. The molecule has 0 radical (unpaired) electrons. The predicted molar refractivity (Wildman–Crippen MR) is 145 cm³/mol. The maximum Gasteiger partial charge on any atom is 0.320 e. The van der Waals surface area contributed by atoms with Gasteiger partial charge in [0.2, 0.25) is 5.91 Å². The number of nitrogens with one attached hydrogen (secondary N) is 1. The molecule has 0 bridgehead atoms. The Bertz CT molecular complexity index is 1050. The maximum atomic E-state index is 13.8. The highest BCUT2D eigenvalue weighted by atomic mass is 16.2. The van der Waals surface area contributed by atoms with Crippen LogP contribution in [0.1, 0.15) is 69.2 Å². The third-order valence-electron chi connectivity index (χ3n) is 8.49. The highest BCUT2D eigenvalue weighted by Gasteiger charge is 2.52. The van der Waals surface area contributed by atoms with E-state index in [-0.39, 0.29) is 42.1 Å². The van der Waals surface area contributed by atoms with Gasteiger partial charge >= 0.3 is 6.03 Å². The van der Waals surface area contributed by atoms with Crippen molar-refractivity contribution in [3.8, 4) is 0 Å². The lowest BCUT2D eigenvalue weighted by atomic mass is 10.0. The number of nitrogens with zero attached hydrogens (tertiary/aromatic N) is 4. The van der Waals surface area contributed by atoms with Crippen LogP contribution in [0.4, 0.5) is 10.5 Å². The lowest BCUT2D eigenvalue weighted by molar-refractivity contribution is -0.138. The molecule has 0 spiro atoms. The molecule has 4 aliphatic rings.